The fourth-order valence-electron chi connectivity index (χ4n) is 2.05. The van der Waals surface area contributed by atoms with E-state index in [4.69, 9.17) is 16.3 Å². The summed E-state index contributed by atoms with van der Waals surface area (Å²) < 4.78 is 30.4. The van der Waals surface area contributed by atoms with Gasteiger partial charge in [-0.1, -0.05) is 25.4 Å². The molecule has 0 aliphatic carbocycles. The number of rotatable bonds is 7. The molecular weight excluding hydrogens is 340 g/mol. The summed E-state index contributed by atoms with van der Waals surface area (Å²) >= 11 is 6.06. The first-order valence-corrected chi connectivity index (χ1v) is 9.41. The molecule has 130 valence electrons. The van der Waals surface area contributed by atoms with Gasteiger partial charge in [0.1, 0.15) is 11.8 Å². The molecule has 0 unspecified atom stereocenters. The molecule has 0 saturated carbocycles. The van der Waals surface area contributed by atoms with E-state index in [9.17, 15) is 13.2 Å². The van der Waals surface area contributed by atoms with E-state index in [2.05, 4.69) is 5.32 Å². The molecule has 1 aromatic rings. The van der Waals surface area contributed by atoms with E-state index < -0.39 is 16.1 Å². The Hall–Kier alpha value is -1.47. The van der Waals surface area contributed by atoms with Gasteiger partial charge in [-0.3, -0.25) is 9.10 Å². The Morgan fingerprint density at radius 2 is 1.96 bits per heavy atom. The third-order valence-corrected chi connectivity index (χ3v) is 4.70. The number of hydrogen-bond donors (Lipinski definition) is 1. The summed E-state index contributed by atoms with van der Waals surface area (Å²) in [5.74, 6) is 0.338. The zero-order chi connectivity index (χ0) is 17.8. The number of nitrogens with one attached hydrogen (secondary N) is 1. The van der Waals surface area contributed by atoms with Crippen LogP contribution in [0.3, 0.4) is 0 Å². The second-order valence-corrected chi connectivity index (χ2v) is 7.96. The van der Waals surface area contributed by atoms with Gasteiger partial charge in [-0.15, -0.1) is 0 Å². The van der Waals surface area contributed by atoms with Crippen LogP contribution in [-0.2, 0) is 14.8 Å². The Morgan fingerprint density at radius 3 is 2.39 bits per heavy atom. The molecule has 0 fully saturated rings. The highest BCUT2D eigenvalue weighted by Crippen LogP contribution is 2.31. The average molecular weight is 363 g/mol. The molecule has 0 heterocycles. The standard InChI is InChI=1S/C15H23ClN2O4S/c1-10(2)9-17-15(19)11(3)18(23(5,20)21)12-6-7-14(22-4)13(16)8-12/h6-8,10-11H,9H2,1-5H3,(H,17,19)/t11-/m0/s1. The molecule has 0 aliphatic heterocycles. The van der Waals surface area contributed by atoms with E-state index in [0.29, 0.717) is 18.0 Å². The van der Waals surface area contributed by atoms with Crippen molar-refractivity contribution in [2.75, 3.05) is 24.2 Å². The van der Waals surface area contributed by atoms with Gasteiger partial charge in [-0.05, 0) is 31.0 Å². The molecule has 0 aliphatic rings. The quantitative estimate of drug-likeness (QED) is 0.807. The molecule has 6 nitrogen and oxygen atoms in total. The first kappa shape index (κ1) is 19.6. The van der Waals surface area contributed by atoms with Crippen molar-refractivity contribution >= 4 is 33.2 Å². The summed E-state index contributed by atoms with van der Waals surface area (Å²) in [7, 11) is -2.19. The highest BCUT2D eigenvalue weighted by molar-refractivity contribution is 7.92. The molecule has 0 bridgehead atoms. The summed E-state index contributed by atoms with van der Waals surface area (Å²) in [6.45, 7) is 5.93. The molecule has 1 amide bonds. The van der Waals surface area contributed by atoms with Crippen LogP contribution in [0.15, 0.2) is 18.2 Å². The second-order valence-electron chi connectivity index (χ2n) is 5.69. The molecule has 0 spiro atoms. The lowest BCUT2D eigenvalue weighted by atomic mass is 10.2. The molecule has 1 aromatic carbocycles. The summed E-state index contributed by atoms with van der Waals surface area (Å²) in [6.07, 6.45) is 1.05. The van der Waals surface area contributed by atoms with E-state index in [1.54, 1.807) is 12.1 Å². The summed E-state index contributed by atoms with van der Waals surface area (Å²) in [6, 6.07) is 3.69. The van der Waals surface area contributed by atoms with Crippen LogP contribution >= 0.6 is 11.6 Å². The number of methoxy groups -OCH3 is 1. The van der Waals surface area contributed by atoms with Gasteiger partial charge in [0.25, 0.3) is 0 Å². The van der Waals surface area contributed by atoms with E-state index >= 15 is 0 Å². The topological polar surface area (TPSA) is 75.7 Å². The van der Waals surface area contributed by atoms with Crippen LogP contribution < -0.4 is 14.4 Å². The zero-order valence-electron chi connectivity index (χ0n) is 14.0. The number of sulfonamides is 1. The smallest absolute Gasteiger partial charge is 0.243 e. The van der Waals surface area contributed by atoms with Crippen molar-refractivity contribution in [1.29, 1.82) is 0 Å². The van der Waals surface area contributed by atoms with Crippen LogP contribution in [0.5, 0.6) is 5.75 Å². The normalized spacial score (nSPS) is 12.8. The molecule has 0 aromatic heterocycles. The van der Waals surface area contributed by atoms with E-state index in [1.807, 2.05) is 13.8 Å². The maximum absolute atomic E-state index is 12.2. The molecule has 1 N–H and O–H groups in total. The Kier molecular flexibility index (Phi) is 6.70. The maximum Gasteiger partial charge on any atom is 0.243 e. The Balaban J connectivity index is 3.15. The van der Waals surface area contributed by atoms with E-state index in [0.717, 1.165) is 10.6 Å². The van der Waals surface area contributed by atoms with Crippen LogP contribution in [0.4, 0.5) is 5.69 Å². The zero-order valence-corrected chi connectivity index (χ0v) is 15.5. The van der Waals surface area contributed by atoms with Crippen molar-refractivity contribution in [1.82, 2.24) is 5.32 Å². The largest absolute Gasteiger partial charge is 0.495 e. The van der Waals surface area contributed by atoms with Crippen LogP contribution in [0.1, 0.15) is 20.8 Å². The Labute approximate surface area is 142 Å². The first-order chi connectivity index (χ1) is 10.6. The van der Waals surface area contributed by atoms with Gasteiger partial charge in [0.05, 0.1) is 24.1 Å². The van der Waals surface area contributed by atoms with Crippen molar-refractivity contribution in [3.8, 4) is 5.75 Å². The number of ether oxygens (including phenoxy) is 1. The molecular formula is C15H23ClN2O4S. The Bertz CT molecular complexity index is 661. The van der Waals surface area contributed by atoms with E-state index in [1.165, 1.54) is 20.1 Å². The minimum Gasteiger partial charge on any atom is -0.495 e. The minimum absolute atomic E-state index is 0.272. The lowest BCUT2D eigenvalue weighted by Gasteiger charge is -2.28. The van der Waals surface area contributed by atoms with Crippen molar-refractivity contribution in [3.05, 3.63) is 23.2 Å². The third kappa shape index (κ3) is 5.28. The third-order valence-electron chi connectivity index (χ3n) is 3.16. The fraction of sp³-hybridized carbons (Fsp3) is 0.533. The maximum atomic E-state index is 12.2. The number of benzene rings is 1. The Morgan fingerprint density at radius 1 is 1.35 bits per heavy atom. The van der Waals surface area contributed by atoms with Crippen LogP contribution in [0.2, 0.25) is 5.02 Å². The minimum atomic E-state index is -3.66. The van der Waals surface area contributed by atoms with E-state index in [-0.39, 0.29) is 16.8 Å². The van der Waals surface area contributed by atoms with Gasteiger partial charge in [-0.25, -0.2) is 8.42 Å². The molecule has 0 radical (unpaired) electrons. The predicted molar refractivity (Wildman–Crippen MR) is 92.6 cm³/mol. The van der Waals surface area contributed by atoms with Gasteiger partial charge >= 0.3 is 0 Å². The van der Waals surface area contributed by atoms with Crippen LogP contribution in [0, 0.1) is 5.92 Å². The average Bonchev–Trinajstić information content (AvgIpc) is 2.43. The summed E-state index contributed by atoms with van der Waals surface area (Å²) in [4.78, 5) is 12.2. The molecule has 8 heteroatoms. The van der Waals surface area contributed by atoms with Crippen molar-refractivity contribution in [2.24, 2.45) is 5.92 Å². The number of halogens is 1. The fourth-order valence-corrected chi connectivity index (χ4v) is 3.47. The van der Waals surface area contributed by atoms with Gasteiger partial charge in [0.2, 0.25) is 15.9 Å². The molecule has 1 atom stereocenters. The van der Waals surface area contributed by atoms with Crippen LogP contribution in [-0.4, -0.2) is 40.3 Å². The van der Waals surface area contributed by atoms with Crippen molar-refractivity contribution in [3.63, 3.8) is 0 Å². The number of hydrogen-bond acceptors (Lipinski definition) is 4. The summed E-state index contributed by atoms with van der Waals surface area (Å²) in [5.41, 5.74) is 0.311. The second kappa shape index (κ2) is 7.88. The lowest BCUT2D eigenvalue weighted by molar-refractivity contribution is -0.121. The van der Waals surface area contributed by atoms with Gasteiger partial charge in [0, 0.05) is 6.54 Å². The van der Waals surface area contributed by atoms with Crippen molar-refractivity contribution < 1.29 is 17.9 Å². The summed E-state index contributed by atoms with van der Waals surface area (Å²) in [5, 5.41) is 3.01. The number of nitrogens with zero attached hydrogens (tertiary/aromatic N) is 1. The number of carbonyl (C=O) groups excluding carboxylic acids is 1. The number of carbonyl (C=O) groups is 1. The first-order valence-electron chi connectivity index (χ1n) is 7.18. The molecule has 1 rings (SSSR count). The van der Waals surface area contributed by atoms with Crippen LogP contribution in [0.25, 0.3) is 0 Å². The SMILES string of the molecule is COc1ccc(N([C@@H](C)C(=O)NCC(C)C)S(C)(=O)=O)cc1Cl. The van der Waals surface area contributed by atoms with Gasteiger partial charge in [0.15, 0.2) is 0 Å². The van der Waals surface area contributed by atoms with Gasteiger partial charge in [-0.2, -0.15) is 0 Å². The highest BCUT2D eigenvalue weighted by Gasteiger charge is 2.29. The number of amides is 1. The van der Waals surface area contributed by atoms with Gasteiger partial charge < -0.3 is 10.1 Å². The monoisotopic (exact) mass is 362 g/mol. The number of anilines is 1. The highest BCUT2D eigenvalue weighted by atomic mass is 35.5. The predicted octanol–water partition coefficient (Wildman–Crippen LogP) is 2.28. The molecule has 23 heavy (non-hydrogen) atoms. The molecule has 0 saturated heterocycles. The lowest BCUT2D eigenvalue weighted by Crippen LogP contribution is -2.48. The van der Waals surface area contributed by atoms with Crippen molar-refractivity contribution in [2.45, 2.75) is 26.8 Å².